The summed E-state index contributed by atoms with van der Waals surface area (Å²) >= 11 is 0. The molecule has 2 aromatic heterocycles. The molecule has 1 amide bonds. The summed E-state index contributed by atoms with van der Waals surface area (Å²) < 4.78 is 6.84. The summed E-state index contributed by atoms with van der Waals surface area (Å²) in [6, 6.07) is 9.82. The lowest BCUT2D eigenvalue weighted by molar-refractivity contribution is 0.0737. The Morgan fingerprint density at radius 1 is 1.29 bits per heavy atom. The van der Waals surface area contributed by atoms with Crippen LogP contribution in [-0.4, -0.2) is 39.1 Å². The molecule has 0 spiro atoms. The summed E-state index contributed by atoms with van der Waals surface area (Å²) in [6.07, 6.45) is 7.04. The Morgan fingerprint density at radius 3 is 2.92 bits per heavy atom. The molecule has 3 aromatic rings. The van der Waals surface area contributed by atoms with Crippen LogP contribution < -0.4 is 4.74 Å². The third-order valence-electron chi connectivity index (χ3n) is 4.52. The highest BCUT2D eigenvalue weighted by molar-refractivity contribution is 6.00. The van der Waals surface area contributed by atoms with Gasteiger partial charge < -0.3 is 9.64 Å². The quantitative estimate of drug-likeness (QED) is 0.744. The zero-order valence-electron chi connectivity index (χ0n) is 13.4. The molecule has 1 fully saturated rings. The second-order valence-electron chi connectivity index (χ2n) is 5.88. The fourth-order valence-electron chi connectivity index (χ4n) is 3.32. The molecule has 0 radical (unpaired) electrons. The SMILES string of the molecule is COc1ccc([C@H]2CCCN2C(=O)c2cnn3cccnc23)cc1. The van der Waals surface area contributed by atoms with Crippen LogP contribution in [0.2, 0.25) is 0 Å². The zero-order chi connectivity index (χ0) is 16.5. The van der Waals surface area contributed by atoms with E-state index in [0.717, 1.165) is 30.7 Å². The van der Waals surface area contributed by atoms with Crippen molar-refractivity contribution in [2.75, 3.05) is 13.7 Å². The zero-order valence-corrected chi connectivity index (χ0v) is 13.4. The first-order valence-electron chi connectivity index (χ1n) is 8.01. The van der Waals surface area contributed by atoms with E-state index >= 15 is 0 Å². The van der Waals surface area contributed by atoms with E-state index in [2.05, 4.69) is 10.1 Å². The van der Waals surface area contributed by atoms with Gasteiger partial charge in [0.2, 0.25) is 0 Å². The average Bonchev–Trinajstić information content (AvgIpc) is 3.28. The Morgan fingerprint density at radius 2 is 2.12 bits per heavy atom. The van der Waals surface area contributed by atoms with Crippen LogP contribution in [-0.2, 0) is 0 Å². The van der Waals surface area contributed by atoms with E-state index in [1.54, 1.807) is 36.3 Å². The van der Waals surface area contributed by atoms with Crippen molar-refractivity contribution in [2.24, 2.45) is 0 Å². The number of rotatable bonds is 3. The Balaban J connectivity index is 1.65. The van der Waals surface area contributed by atoms with Crippen LogP contribution in [0.25, 0.3) is 5.65 Å². The summed E-state index contributed by atoms with van der Waals surface area (Å²) in [5.74, 6) is 0.809. The van der Waals surface area contributed by atoms with Crippen molar-refractivity contribution in [3.63, 3.8) is 0 Å². The van der Waals surface area contributed by atoms with Gasteiger partial charge in [-0.25, -0.2) is 9.50 Å². The first kappa shape index (κ1) is 14.7. The molecule has 6 heteroatoms. The monoisotopic (exact) mass is 322 g/mol. The van der Waals surface area contributed by atoms with Gasteiger partial charge in [0.25, 0.3) is 5.91 Å². The summed E-state index contributed by atoms with van der Waals surface area (Å²) in [7, 11) is 1.65. The summed E-state index contributed by atoms with van der Waals surface area (Å²) in [5, 5.41) is 4.22. The topological polar surface area (TPSA) is 59.7 Å². The van der Waals surface area contributed by atoms with Crippen LogP contribution in [0.1, 0.15) is 34.8 Å². The highest BCUT2D eigenvalue weighted by Gasteiger charge is 2.32. The van der Waals surface area contributed by atoms with Gasteiger partial charge >= 0.3 is 0 Å². The molecule has 0 bridgehead atoms. The maximum absolute atomic E-state index is 13.0. The van der Waals surface area contributed by atoms with Crippen LogP contribution in [0.4, 0.5) is 0 Å². The summed E-state index contributed by atoms with van der Waals surface area (Å²) in [4.78, 5) is 19.3. The molecule has 1 atom stereocenters. The maximum atomic E-state index is 13.0. The van der Waals surface area contributed by atoms with E-state index in [9.17, 15) is 4.79 Å². The molecule has 0 aliphatic carbocycles. The van der Waals surface area contributed by atoms with Gasteiger partial charge in [0, 0.05) is 18.9 Å². The second-order valence-corrected chi connectivity index (χ2v) is 5.88. The van der Waals surface area contributed by atoms with Crippen molar-refractivity contribution in [3.8, 4) is 5.75 Å². The number of benzene rings is 1. The van der Waals surface area contributed by atoms with Crippen molar-refractivity contribution in [1.29, 1.82) is 0 Å². The number of fused-ring (bicyclic) bond motifs is 1. The van der Waals surface area contributed by atoms with Crippen LogP contribution in [0.15, 0.2) is 48.9 Å². The van der Waals surface area contributed by atoms with Crippen molar-refractivity contribution >= 4 is 11.6 Å². The van der Waals surface area contributed by atoms with Crippen molar-refractivity contribution < 1.29 is 9.53 Å². The molecular weight excluding hydrogens is 304 g/mol. The van der Waals surface area contributed by atoms with Crippen LogP contribution in [0.3, 0.4) is 0 Å². The van der Waals surface area contributed by atoms with Crippen molar-refractivity contribution in [3.05, 3.63) is 60.0 Å². The number of nitrogens with zero attached hydrogens (tertiary/aromatic N) is 4. The lowest BCUT2D eigenvalue weighted by atomic mass is 10.0. The molecule has 1 aromatic carbocycles. The van der Waals surface area contributed by atoms with Gasteiger partial charge in [-0.2, -0.15) is 5.10 Å². The number of methoxy groups -OCH3 is 1. The number of carbonyl (C=O) groups excluding carboxylic acids is 1. The molecule has 122 valence electrons. The highest BCUT2D eigenvalue weighted by atomic mass is 16.5. The summed E-state index contributed by atoms with van der Waals surface area (Å²) in [6.45, 7) is 0.750. The predicted molar refractivity (Wildman–Crippen MR) is 89.0 cm³/mol. The fraction of sp³-hybridized carbons (Fsp3) is 0.278. The normalized spacial score (nSPS) is 17.4. The number of aromatic nitrogens is 3. The van der Waals surface area contributed by atoms with E-state index in [0.29, 0.717) is 11.2 Å². The Hall–Kier alpha value is -2.89. The Bertz CT molecular complexity index is 872. The first-order valence-corrected chi connectivity index (χ1v) is 8.01. The molecule has 4 rings (SSSR count). The number of amides is 1. The minimum absolute atomic E-state index is 0.0120. The molecule has 1 saturated heterocycles. The van der Waals surface area contributed by atoms with Gasteiger partial charge in [0.15, 0.2) is 5.65 Å². The largest absolute Gasteiger partial charge is 0.497 e. The highest BCUT2D eigenvalue weighted by Crippen LogP contribution is 2.34. The number of likely N-dealkylation sites (tertiary alicyclic amines) is 1. The molecule has 1 aliphatic rings. The van der Waals surface area contributed by atoms with E-state index in [-0.39, 0.29) is 11.9 Å². The smallest absolute Gasteiger partial charge is 0.259 e. The van der Waals surface area contributed by atoms with E-state index in [1.807, 2.05) is 29.2 Å². The van der Waals surface area contributed by atoms with E-state index < -0.39 is 0 Å². The number of hydrogen-bond donors (Lipinski definition) is 0. The molecule has 1 aliphatic heterocycles. The van der Waals surface area contributed by atoms with Gasteiger partial charge in [0.05, 0.1) is 19.3 Å². The second kappa shape index (κ2) is 5.96. The van der Waals surface area contributed by atoms with E-state index in [4.69, 9.17) is 4.74 Å². The maximum Gasteiger partial charge on any atom is 0.259 e. The van der Waals surface area contributed by atoms with Gasteiger partial charge in [-0.1, -0.05) is 12.1 Å². The minimum atomic E-state index is -0.0120. The number of carbonyl (C=O) groups is 1. The molecule has 24 heavy (non-hydrogen) atoms. The van der Waals surface area contributed by atoms with Gasteiger partial charge in [0.1, 0.15) is 11.3 Å². The molecule has 0 unspecified atom stereocenters. The first-order chi connectivity index (χ1) is 11.8. The number of hydrogen-bond acceptors (Lipinski definition) is 4. The fourth-order valence-corrected chi connectivity index (χ4v) is 3.32. The Kier molecular flexibility index (Phi) is 3.65. The lowest BCUT2D eigenvalue weighted by Gasteiger charge is -2.24. The van der Waals surface area contributed by atoms with Gasteiger partial charge in [-0.3, -0.25) is 4.79 Å². The predicted octanol–water partition coefficient (Wildman–Crippen LogP) is 2.72. The molecular formula is C18H18N4O2. The minimum Gasteiger partial charge on any atom is -0.497 e. The average molecular weight is 322 g/mol. The molecule has 0 N–H and O–H groups in total. The van der Waals surface area contributed by atoms with Gasteiger partial charge in [-0.15, -0.1) is 0 Å². The van der Waals surface area contributed by atoms with Crippen LogP contribution in [0.5, 0.6) is 5.75 Å². The van der Waals surface area contributed by atoms with E-state index in [1.165, 1.54) is 0 Å². The molecule has 6 nitrogen and oxygen atoms in total. The lowest BCUT2D eigenvalue weighted by Crippen LogP contribution is -2.30. The number of ether oxygens (including phenoxy) is 1. The van der Waals surface area contributed by atoms with Crippen molar-refractivity contribution in [2.45, 2.75) is 18.9 Å². The molecule has 0 saturated carbocycles. The third-order valence-corrected chi connectivity index (χ3v) is 4.52. The standard InChI is InChI=1S/C18H18N4O2/c1-24-14-7-5-13(6-8-14)16-4-2-10-21(16)18(23)15-12-20-22-11-3-9-19-17(15)22/h3,5-9,11-12,16H,2,4,10H2,1H3/t16-/m1/s1. The summed E-state index contributed by atoms with van der Waals surface area (Å²) in [5.41, 5.74) is 2.28. The third kappa shape index (κ3) is 2.40. The van der Waals surface area contributed by atoms with Crippen LogP contribution >= 0.6 is 0 Å². The Labute approximate surface area is 139 Å². The van der Waals surface area contributed by atoms with Crippen molar-refractivity contribution in [1.82, 2.24) is 19.5 Å². The molecule has 3 heterocycles. The van der Waals surface area contributed by atoms with Gasteiger partial charge in [-0.05, 0) is 36.6 Å². The van der Waals surface area contributed by atoms with Crippen LogP contribution in [0, 0.1) is 0 Å².